The third-order valence-electron chi connectivity index (χ3n) is 7.34. The molecule has 1 unspecified atom stereocenters. The lowest BCUT2D eigenvalue weighted by molar-refractivity contribution is 0.475. The number of phenols is 1. The molecule has 0 spiro atoms. The third kappa shape index (κ3) is 5.74. The zero-order valence-corrected chi connectivity index (χ0v) is 26.4. The van der Waals surface area contributed by atoms with Crippen molar-refractivity contribution in [1.82, 2.24) is 0 Å². The van der Waals surface area contributed by atoms with Crippen LogP contribution in [0.25, 0.3) is 11.1 Å². The minimum Gasteiger partial charge on any atom is -0.508 e. The van der Waals surface area contributed by atoms with E-state index in [4.69, 9.17) is 4.52 Å². The lowest BCUT2D eigenvalue weighted by atomic mass is 9.68. The van der Waals surface area contributed by atoms with Gasteiger partial charge in [-0.1, -0.05) is 145 Å². The summed E-state index contributed by atoms with van der Waals surface area (Å²) >= 11 is 0. The molecule has 0 radical (unpaired) electrons. The Kier molecular flexibility index (Phi) is 8.58. The standard InChI is InChI=1S/C35H31O2P.C4H10/c1-34(2,3)38(29-11-5-4-6-12-29)37-28-23-19-26(20-24-28)35(25-17-21-27(36)22-18-25)32-15-9-7-13-30(32)31-14-8-10-16-33(31)35;1-4(2)3/h4-24,36H,1-3H3;4H,1-3H3. The van der Waals surface area contributed by atoms with E-state index in [1.807, 2.05) is 12.1 Å². The number of fused-ring (bicyclic) bond motifs is 3. The molecule has 5 aromatic rings. The van der Waals surface area contributed by atoms with Gasteiger partial charge in [-0.25, -0.2) is 0 Å². The van der Waals surface area contributed by atoms with E-state index in [1.165, 1.54) is 33.1 Å². The predicted molar refractivity (Wildman–Crippen MR) is 179 cm³/mol. The van der Waals surface area contributed by atoms with Gasteiger partial charge in [-0.05, 0) is 63.6 Å². The van der Waals surface area contributed by atoms with E-state index in [-0.39, 0.29) is 10.9 Å². The van der Waals surface area contributed by atoms with E-state index in [0.717, 1.165) is 17.2 Å². The molecule has 0 aliphatic heterocycles. The van der Waals surface area contributed by atoms with E-state index in [0.29, 0.717) is 0 Å². The molecule has 214 valence electrons. The third-order valence-corrected chi connectivity index (χ3v) is 9.72. The summed E-state index contributed by atoms with van der Waals surface area (Å²) in [7, 11) is -0.866. The van der Waals surface area contributed by atoms with Crippen LogP contribution in [0, 0.1) is 5.92 Å². The normalized spacial score (nSPS) is 13.9. The van der Waals surface area contributed by atoms with Crippen LogP contribution < -0.4 is 9.83 Å². The molecule has 1 aliphatic rings. The molecule has 3 heteroatoms. The van der Waals surface area contributed by atoms with Crippen LogP contribution in [0.5, 0.6) is 11.5 Å². The fraction of sp³-hybridized carbons (Fsp3) is 0.231. The number of hydrogen-bond donors (Lipinski definition) is 1. The Labute approximate surface area is 252 Å². The van der Waals surface area contributed by atoms with E-state index < -0.39 is 13.6 Å². The highest BCUT2D eigenvalue weighted by Gasteiger charge is 2.45. The van der Waals surface area contributed by atoms with Gasteiger partial charge in [0.25, 0.3) is 0 Å². The van der Waals surface area contributed by atoms with Crippen molar-refractivity contribution in [3.8, 4) is 22.6 Å². The van der Waals surface area contributed by atoms with Gasteiger partial charge in [-0.15, -0.1) is 0 Å². The van der Waals surface area contributed by atoms with Crippen LogP contribution in [0.15, 0.2) is 127 Å². The second kappa shape index (κ2) is 12.2. The zero-order valence-electron chi connectivity index (χ0n) is 25.5. The molecule has 6 rings (SSSR count). The van der Waals surface area contributed by atoms with Gasteiger partial charge < -0.3 is 9.63 Å². The Morgan fingerprint density at radius 3 is 1.50 bits per heavy atom. The minimum atomic E-state index is -0.866. The lowest BCUT2D eigenvalue weighted by Gasteiger charge is -2.34. The van der Waals surface area contributed by atoms with Crippen LogP contribution >= 0.6 is 8.15 Å². The van der Waals surface area contributed by atoms with Crippen molar-refractivity contribution in [2.24, 2.45) is 5.92 Å². The summed E-state index contributed by atoms with van der Waals surface area (Å²) in [6, 6.07) is 44.2. The molecule has 0 heterocycles. The van der Waals surface area contributed by atoms with Gasteiger partial charge in [0.1, 0.15) is 19.6 Å². The van der Waals surface area contributed by atoms with Crippen LogP contribution in [-0.4, -0.2) is 10.3 Å². The largest absolute Gasteiger partial charge is 0.508 e. The second-order valence-corrected chi connectivity index (χ2v) is 15.2. The summed E-state index contributed by atoms with van der Waals surface area (Å²) in [5.41, 5.74) is 6.81. The quantitative estimate of drug-likeness (QED) is 0.208. The van der Waals surface area contributed by atoms with Gasteiger partial charge >= 0.3 is 0 Å². The number of benzene rings is 5. The smallest absolute Gasteiger partial charge is 0.124 e. The Morgan fingerprint density at radius 2 is 1.02 bits per heavy atom. The van der Waals surface area contributed by atoms with Crippen molar-refractivity contribution < 1.29 is 9.63 Å². The zero-order chi connectivity index (χ0) is 29.9. The Balaban J connectivity index is 0.000000830. The Hall–Kier alpha value is -3.87. The molecule has 1 N–H and O–H groups in total. The summed E-state index contributed by atoms with van der Waals surface area (Å²) in [6.45, 7) is 13.2. The maximum Gasteiger partial charge on any atom is 0.124 e. The molecule has 5 aromatic carbocycles. The van der Waals surface area contributed by atoms with E-state index in [1.54, 1.807) is 12.1 Å². The van der Waals surface area contributed by atoms with Gasteiger partial charge in [0, 0.05) is 10.5 Å². The number of hydrogen-bond acceptors (Lipinski definition) is 2. The SMILES string of the molecule is CC(C)(C)P(Oc1ccc(C2(c3ccc(O)cc3)c3ccccc3-c3ccccc32)cc1)c1ccccc1.CC(C)C. The molecule has 0 fully saturated rings. The van der Waals surface area contributed by atoms with Crippen LogP contribution in [-0.2, 0) is 5.41 Å². The molecule has 0 amide bonds. The summed E-state index contributed by atoms with van der Waals surface area (Å²) in [6.07, 6.45) is 0. The van der Waals surface area contributed by atoms with Crippen molar-refractivity contribution >= 4 is 13.5 Å². The van der Waals surface area contributed by atoms with Crippen molar-refractivity contribution in [3.63, 3.8) is 0 Å². The fourth-order valence-electron chi connectivity index (χ4n) is 5.75. The second-order valence-electron chi connectivity index (χ2n) is 12.5. The first-order valence-corrected chi connectivity index (χ1v) is 16.0. The molecule has 2 nitrogen and oxygen atoms in total. The lowest BCUT2D eigenvalue weighted by Crippen LogP contribution is -2.28. The van der Waals surface area contributed by atoms with E-state index in [2.05, 4.69) is 145 Å². The number of phenolic OH excluding ortho intramolecular Hbond substituents is 1. The van der Waals surface area contributed by atoms with Crippen molar-refractivity contribution in [1.29, 1.82) is 0 Å². The first-order chi connectivity index (χ1) is 20.1. The molecule has 1 aliphatic carbocycles. The summed E-state index contributed by atoms with van der Waals surface area (Å²) in [4.78, 5) is 0. The minimum absolute atomic E-state index is 0.00798. The summed E-state index contributed by atoms with van der Waals surface area (Å²) in [5.74, 6) is 1.97. The molecule has 0 saturated heterocycles. The summed E-state index contributed by atoms with van der Waals surface area (Å²) in [5, 5.41) is 11.3. The van der Waals surface area contributed by atoms with Crippen LogP contribution in [0.3, 0.4) is 0 Å². The first kappa shape index (κ1) is 29.6. The molecule has 42 heavy (non-hydrogen) atoms. The maximum atomic E-state index is 10.1. The van der Waals surface area contributed by atoms with Crippen LogP contribution in [0.1, 0.15) is 63.8 Å². The maximum absolute atomic E-state index is 10.1. The van der Waals surface area contributed by atoms with Gasteiger partial charge in [0.15, 0.2) is 0 Å². The Morgan fingerprint density at radius 1 is 0.595 bits per heavy atom. The first-order valence-electron chi connectivity index (χ1n) is 14.7. The average Bonchev–Trinajstić information content (AvgIpc) is 3.27. The average molecular weight is 573 g/mol. The van der Waals surface area contributed by atoms with E-state index in [9.17, 15) is 5.11 Å². The molecule has 0 bridgehead atoms. The molecule has 1 atom stereocenters. The Bertz CT molecular complexity index is 1570. The van der Waals surface area contributed by atoms with Gasteiger partial charge in [-0.3, -0.25) is 0 Å². The monoisotopic (exact) mass is 572 g/mol. The highest BCUT2D eigenvalue weighted by molar-refractivity contribution is 7.62. The summed E-state index contributed by atoms with van der Waals surface area (Å²) < 4.78 is 6.71. The molecule has 0 aromatic heterocycles. The number of rotatable bonds is 5. The molecule has 0 saturated carbocycles. The van der Waals surface area contributed by atoms with Gasteiger partial charge in [0.05, 0.1) is 5.41 Å². The van der Waals surface area contributed by atoms with Gasteiger partial charge in [-0.2, -0.15) is 0 Å². The molecular weight excluding hydrogens is 531 g/mol. The predicted octanol–water partition coefficient (Wildman–Crippen LogP) is 10.3. The van der Waals surface area contributed by atoms with Crippen LogP contribution in [0.2, 0.25) is 0 Å². The van der Waals surface area contributed by atoms with Crippen LogP contribution in [0.4, 0.5) is 0 Å². The fourth-order valence-corrected chi connectivity index (χ4v) is 7.68. The topological polar surface area (TPSA) is 29.5 Å². The van der Waals surface area contributed by atoms with Crippen molar-refractivity contribution in [2.75, 3.05) is 0 Å². The highest BCUT2D eigenvalue weighted by Crippen LogP contribution is 2.56. The van der Waals surface area contributed by atoms with Crippen molar-refractivity contribution in [3.05, 3.63) is 150 Å². The van der Waals surface area contributed by atoms with Crippen molar-refractivity contribution in [2.45, 2.75) is 52.1 Å². The van der Waals surface area contributed by atoms with Gasteiger partial charge in [0.2, 0.25) is 0 Å². The number of aromatic hydroxyl groups is 1. The van der Waals surface area contributed by atoms with E-state index >= 15 is 0 Å². The highest BCUT2D eigenvalue weighted by atomic mass is 31.1. The molecular formula is C39H41O2P.